The van der Waals surface area contributed by atoms with Crippen molar-refractivity contribution in [2.75, 3.05) is 17.8 Å². The predicted octanol–water partition coefficient (Wildman–Crippen LogP) is 3.31. The normalized spacial score (nSPS) is 10.9. The Morgan fingerprint density at radius 1 is 1.48 bits per heavy atom. The zero-order valence-corrected chi connectivity index (χ0v) is 13.9. The quantitative estimate of drug-likeness (QED) is 0.664. The maximum atomic E-state index is 12.1. The average Bonchev–Trinajstić information content (AvgIpc) is 2.75. The van der Waals surface area contributed by atoms with Crippen LogP contribution >= 0.6 is 22.9 Å². The number of nitriles is 1. The highest BCUT2D eigenvalue weighted by Gasteiger charge is 2.29. The number of anilines is 1. The lowest BCUT2D eigenvalue weighted by Crippen LogP contribution is -2.32. The fourth-order valence-electron chi connectivity index (χ4n) is 1.46. The molecule has 0 radical (unpaired) electrons. The van der Waals surface area contributed by atoms with Crippen LogP contribution in [0, 0.1) is 23.7 Å². The largest absolute Gasteiger partial charge is 0.462 e. The van der Waals surface area contributed by atoms with Gasteiger partial charge in [-0.15, -0.1) is 22.9 Å². The van der Waals surface area contributed by atoms with Gasteiger partial charge in [0.15, 0.2) is 0 Å². The Bertz CT molecular complexity index is 602. The molecule has 1 aromatic rings. The van der Waals surface area contributed by atoms with Gasteiger partial charge < -0.3 is 10.1 Å². The third-order valence-corrected chi connectivity index (χ3v) is 4.75. The average molecular weight is 329 g/mol. The van der Waals surface area contributed by atoms with Crippen molar-refractivity contribution in [1.82, 2.24) is 0 Å². The van der Waals surface area contributed by atoms with E-state index in [1.54, 1.807) is 27.7 Å². The molecule has 0 unspecified atom stereocenters. The lowest BCUT2D eigenvalue weighted by Gasteiger charge is -2.19. The van der Waals surface area contributed by atoms with Gasteiger partial charge in [0.25, 0.3) is 0 Å². The molecule has 0 atom stereocenters. The van der Waals surface area contributed by atoms with Crippen molar-refractivity contribution >= 4 is 39.8 Å². The van der Waals surface area contributed by atoms with E-state index in [0.717, 1.165) is 11.3 Å². The zero-order valence-electron chi connectivity index (χ0n) is 12.4. The molecule has 21 heavy (non-hydrogen) atoms. The van der Waals surface area contributed by atoms with Crippen LogP contribution in [0.25, 0.3) is 0 Å². The van der Waals surface area contributed by atoms with E-state index in [9.17, 15) is 14.9 Å². The first-order chi connectivity index (χ1) is 9.78. The Morgan fingerprint density at radius 2 is 2.10 bits per heavy atom. The maximum Gasteiger partial charge on any atom is 0.348 e. The molecule has 5 nitrogen and oxygen atoms in total. The van der Waals surface area contributed by atoms with E-state index >= 15 is 0 Å². The summed E-state index contributed by atoms with van der Waals surface area (Å²) in [4.78, 5) is 24.3. The number of alkyl halides is 1. The minimum Gasteiger partial charge on any atom is -0.462 e. The molecule has 1 heterocycles. The summed E-state index contributed by atoms with van der Waals surface area (Å²) < 4.78 is 4.94. The number of ether oxygens (including phenoxy) is 1. The number of rotatable bonds is 5. The highest BCUT2D eigenvalue weighted by Crippen LogP contribution is 2.34. The summed E-state index contributed by atoms with van der Waals surface area (Å²) in [6, 6.07) is 2.01. The minimum atomic E-state index is -0.768. The molecule has 0 aromatic carbocycles. The number of halogens is 1. The van der Waals surface area contributed by atoms with Crippen LogP contribution in [0.3, 0.4) is 0 Å². The van der Waals surface area contributed by atoms with E-state index in [1.807, 2.05) is 6.07 Å². The molecule has 7 heteroatoms. The number of carbonyl (C=O) groups is 2. The van der Waals surface area contributed by atoms with Crippen molar-refractivity contribution in [2.45, 2.75) is 27.7 Å². The zero-order chi connectivity index (χ0) is 16.2. The topological polar surface area (TPSA) is 79.2 Å². The third-order valence-electron chi connectivity index (χ3n) is 2.90. The summed E-state index contributed by atoms with van der Waals surface area (Å²) in [6.45, 7) is 7.02. The molecule has 0 spiro atoms. The van der Waals surface area contributed by atoms with Gasteiger partial charge in [0.05, 0.1) is 17.6 Å². The molecule has 0 aliphatic carbocycles. The fourth-order valence-corrected chi connectivity index (χ4v) is 2.63. The third kappa shape index (κ3) is 3.74. The Balaban J connectivity index is 3.15. The van der Waals surface area contributed by atoms with E-state index in [1.165, 1.54) is 0 Å². The maximum absolute atomic E-state index is 12.1. The van der Waals surface area contributed by atoms with Crippen molar-refractivity contribution in [3.05, 3.63) is 16.0 Å². The van der Waals surface area contributed by atoms with Crippen LogP contribution in [0.4, 0.5) is 5.00 Å². The molecule has 1 rings (SSSR count). The molecular formula is C14H17ClN2O3S. The van der Waals surface area contributed by atoms with Gasteiger partial charge in [-0.2, -0.15) is 5.26 Å². The van der Waals surface area contributed by atoms with Crippen LogP contribution in [0.2, 0.25) is 0 Å². The summed E-state index contributed by atoms with van der Waals surface area (Å²) in [5, 5.41) is 12.2. The number of carbonyl (C=O) groups excluding carboxylic acids is 2. The Kier molecular flexibility index (Phi) is 5.76. The first kappa shape index (κ1) is 17.5. The Hall–Kier alpha value is -1.58. The smallest absolute Gasteiger partial charge is 0.348 e. The molecule has 0 aliphatic heterocycles. The molecule has 0 aliphatic rings. The molecule has 0 saturated heterocycles. The summed E-state index contributed by atoms with van der Waals surface area (Å²) in [6.07, 6.45) is 0. The van der Waals surface area contributed by atoms with Crippen LogP contribution in [-0.2, 0) is 9.53 Å². The number of esters is 1. The molecule has 1 N–H and O–H groups in total. The van der Waals surface area contributed by atoms with Gasteiger partial charge in [0.1, 0.15) is 15.9 Å². The molecule has 0 fully saturated rings. The van der Waals surface area contributed by atoms with Gasteiger partial charge in [-0.1, -0.05) is 0 Å². The van der Waals surface area contributed by atoms with Crippen molar-refractivity contribution in [3.8, 4) is 6.07 Å². The van der Waals surface area contributed by atoms with E-state index in [0.29, 0.717) is 15.4 Å². The monoisotopic (exact) mass is 328 g/mol. The van der Waals surface area contributed by atoms with Crippen molar-refractivity contribution in [1.29, 1.82) is 5.26 Å². The molecule has 114 valence electrons. The van der Waals surface area contributed by atoms with Gasteiger partial charge in [-0.3, -0.25) is 4.79 Å². The number of amides is 1. The minimum absolute atomic E-state index is 0.149. The summed E-state index contributed by atoms with van der Waals surface area (Å²) >= 11 is 6.80. The van der Waals surface area contributed by atoms with Crippen molar-refractivity contribution in [2.24, 2.45) is 5.41 Å². The Morgan fingerprint density at radius 3 is 2.57 bits per heavy atom. The van der Waals surface area contributed by atoms with Crippen molar-refractivity contribution < 1.29 is 14.3 Å². The molecular weight excluding hydrogens is 312 g/mol. The second-order valence-corrected chi connectivity index (χ2v) is 6.35. The van der Waals surface area contributed by atoms with E-state index in [2.05, 4.69) is 5.32 Å². The van der Waals surface area contributed by atoms with Crippen LogP contribution in [0.1, 0.15) is 41.6 Å². The van der Waals surface area contributed by atoms with Crippen LogP contribution < -0.4 is 5.32 Å². The van der Waals surface area contributed by atoms with Crippen LogP contribution in [0.15, 0.2) is 0 Å². The highest BCUT2D eigenvalue weighted by atomic mass is 35.5. The molecule has 0 saturated carbocycles. The number of nitrogens with zero attached hydrogens (tertiary/aromatic N) is 1. The Labute approximate surface area is 132 Å². The van der Waals surface area contributed by atoms with Gasteiger partial charge in [-0.25, -0.2) is 4.79 Å². The fraction of sp³-hybridized carbons (Fsp3) is 0.500. The second-order valence-electron chi connectivity index (χ2n) is 5.06. The van der Waals surface area contributed by atoms with Gasteiger partial charge in [0.2, 0.25) is 5.91 Å². The van der Waals surface area contributed by atoms with Crippen LogP contribution in [-0.4, -0.2) is 24.4 Å². The van der Waals surface area contributed by atoms with Gasteiger partial charge >= 0.3 is 5.97 Å². The lowest BCUT2D eigenvalue weighted by molar-refractivity contribution is -0.122. The summed E-state index contributed by atoms with van der Waals surface area (Å²) in [5.41, 5.74) is 0.0257. The van der Waals surface area contributed by atoms with Gasteiger partial charge in [-0.05, 0) is 33.3 Å². The number of hydrogen-bond donors (Lipinski definition) is 1. The van der Waals surface area contributed by atoms with E-state index in [-0.39, 0.29) is 24.0 Å². The number of nitrogens with one attached hydrogen (secondary N) is 1. The number of thiophene rings is 1. The molecule has 1 amide bonds. The van der Waals surface area contributed by atoms with Crippen LogP contribution in [0.5, 0.6) is 0 Å². The standard InChI is InChI=1S/C14H17ClN2O3S/c1-5-20-12(18)10-8(2)9(6-16)11(21-10)17-13(19)14(3,4)7-15/h5,7H2,1-4H3,(H,17,19). The first-order valence-corrected chi connectivity index (χ1v) is 7.71. The molecule has 1 aromatic heterocycles. The first-order valence-electron chi connectivity index (χ1n) is 6.36. The lowest BCUT2D eigenvalue weighted by atomic mass is 9.95. The SMILES string of the molecule is CCOC(=O)c1sc(NC(=O)C(C)(C)CCl)c(C#N)c1C. The summed E-state index contributed by atoms with van der Waals surface area (Å²) in [5.74, 6) is -0.644. The highest BCUT2D eigenvalue weighted by molar-refractivity contribution is 7.18. The van der Waals surface area contributed by atoms with E-state index < -0.39 is 11.4 Å². The van der Waals surface area contributed by atoms with E-state index in [4.69, 9.17) is 16.3 Å². The summed E-state index contributed by atoms with van der Waals surface area (Å²) in [7, 11) is 0. The predicted molar refractivity (Wildman–Crippen MR) is 82.9 cm³/mol. The number of hydrogen-bond acceptors (Lipinski definition) is 5. The second kappa shape index (κ2) is 6.92. The molecule has 0 bridgehead atoms. The van der Waals surface area contributed by atoms with Gasteiger partial charge in [0, 0.05) is 5.88 Å². The van der Waals surface area contributed by atoms with Crippen molar-refractivity contribution in [3.63, 3.8) is 0 Å².